The largest absolute Gasteiger partial charge is 0.493 e. The SMILES string of the molecule is COC(=O)c1ccc(CNC(=O)c2ccc(-n3c(=O)ccc4c(C)nc(N5CCN(C(=O)c6cc(OC)c(OC)c(OC)c6)CC5)nc43)cc2)cc1. The van der Waals surface area contributed by atoms with Crippen LogP contribution < -0.4 is 30.0 Å². The van der Waals surface area contributed by atoms with Crippen molar-refractivity contribution in [3.63, 3.8) is 0 Å². The Morgan fingerprint density at radius 2 is 1.38 bits per heavy atom. The summed E-state index contributed by atoms with van der Waals surface area (Å²) in [5.74, 6) is 0.752. The third kappa shape index (κ3) is 7.08. The molecule has 1 saturated heterocycles. The number of anilines is 1. The zero-order valence-corrected chi connectivity index (χ0v) is 29.5. The lowest BCUT2D eigenvalue weighted by molar-refractivity contribution is 0.0600. The van der Waals surface area contributed by atoms with E-state index in [9.17, 15) is 19.2 Å². The maximum atomic E-state index is 13.5. The zero-order chi connectivity index (χ0) is 36.9. The number of aromatic nitrogens is 3. The molecule has 0 bridgehead atoms. The first-order chi connectivity index (χ1) is 25.1. The number of benzene rings is 3. The molecule has 2 aromatic heterocycles. The minimum atomic E-state index is -0.431. The minimum absolute atomic E-state index is 0.172. The molecule has 268 valence electrons. The first kappa shape index (κ1) is 35.4. The summed E-state index contributed by atoms with van der Waals surface area (Å²) >= 11 is 0. The van der Waals surface area contributed by atoms with Crippen molar-refractivity contribution in [1.82, 2.24) is 24.8 Å². The van der Waals surface area contributed by atoms with Gasteiger partial charge in [-0.3, -0.25) is 19.0 Å². The number of ether oxygens (including phenoxy) is 4. The highest BCUT2D eigenvalue weighted by atomic mass is 16.5. The van der Waals surface area contributed by atoms with Crippen LogP contribution in [0.5, 0.6) is 17.2 Å². The van der Waals surface area contributed by atoms with Crippen molar-refractivity contribution in [2.75, 3.05) is 59.5 Å². The van der Waals surface area contributed by atoms with Gasteiger partial charge in [-0.25, -0.2) is 9.78 Å². The van der Waals surface area contributed by atoms with Crippen molar-refractivity contribution in [3.05, 3.63) is 111 Å². The molecule has 1 N–H and O–H groups in total. The van der Waals surface area contributed by atoms with E-state index in [4.69, 9.17) is 28.9 Å². The molecule has 3 aromatic carbocycles. The molecule has 1 aliphatic heterocycles. The van der Waals surface area contributed by atoms with Gasteiger partial charge in [0.15, 0.2) is 17.1 Å². The van der Waals surface area contributed by atoms with Crippen LogP contribution in [-0.4, -0.2) is 91.8 Å². The van der Waals surface area contributed by atoms with Crippen LogP contribution >= 0.6 is 0 Å². The van der Waals surface area contributed by atoms with Crippen LogP contribution in [0.4, 0.5) is 5.95 Å². The van der Waals surface area contributed by atoms with Crippen molar-refractivity contribution in [2.45, 2.75) is 13.5 Å². The normalized spacial score (nSPS) is 12.7. The van der Waals surface area contributed by atoms with E-state index >= 15 is 0 Å². The summed E-state index contributed by atoms with van der Waals surface area (Å²) in [6, 6.07) is 19.9. The Bertz CT molecular complexity index is 2170. The van der Waals surface area contributed by atoms with Crippen molar-refractivity contribution < 1.29 is 33.3 Å². The smallest absolute Gasteiger partial charge is 0.337 e. The molecule has 0 aliphatic carbocycles. The quantitative estimate of drug-likeness (QED) is 0.211. The topological polar surface area (TPSA) is 154 Å². The van der Waals surface area contributed by atoms with Gasteiger partial charge in [0, 0.05) is 55.3 Å². The number of aryl methyl sites for hydroxylation is 1. The van der Waals surface area contributed by atoms with E-state index < -0.39 is 5.97 Å². The minimum Gasteiger partial charge on any atom is -0.493 e. The highest BCUT2D eigenvalue weighted by molar-refractivity contribution is 5.96. The number of nitrogens with zero attached hydrogens (tertiary/aromatic N) is 5. The Kier molecular flexibility index (Phi) is 10.4. The molecule has 6 rings (SSSR count). The third-order valence-corrected chi connectivity index (χ3v) is 8.91. The average molecular weight is 707 g/mol. The number of hydrogen-bond donors (Lipinski definition) is 1. The van der Waals surface area contributed by atoms with Gasteiger partial charge >= 0.3 is 5.97 Å². The number of amides is 2. The van der Waals surface area contributed by atoms with Gasteiger partial charge in [0.05, 0.1) is 45.4 Å². The first-order valence-electron chi connectivity index (χ1n) is 16.5. The number of rotatable bonds is 10. The maximum Gasteiger partial charge on any atom is 0.337 e. The summed E-state index contributed by atoms with van der Waals surface area (Å²) in [5.41, 5.74) is 3.44. The fraction of sp³-hybridized carbons (Fsp3) is 0.263. The molecule has 0 atom stereocenters. The van der Waals surface area contributed by atoms with Crippen molar-refractivity contribution in [1.29, 1.82) is 0 Å². The molecule has 52 heavy (non-hydrogen) atoms. The summed E-state index contributed by atoms with van der Waals surface area (Å²) < 4.78 is 22.5. The van der Waals surface area contributed by atoms with Gasteiger partial charge in [-0.1, -0.05) is 12.1 Å². The predicted molar refractivity (Wildman–Crippen MR) is 193 cm³/mol. The lowest BCUT2D eigenvalue weighted by atomic mass is 10.1. The van der Waals surface area contributed by atoms with E-state index in [1.54, 1.807) is 71.6 Å². The Morgan fingerprint density at radius 3 is 1.98 bits per heavy atom. The molecule has 5 aromatic rings. The molecule has 0 radical (unpaired) electrons. The van der Waals surface area contributed by atoms with Gasteiger partial charge < -0.3 is 34.1 Å². The van der Waals surface area contributed by atoms with Crippen LogP contribution in [0.25, 0.3) is 16.7 Å². The van der Waals surface area contributed by atoms with E-state index in [0.717, 1.165) is 5.56 Å². The lowest BCUT2D eigenvalue weighted by Gasteiger charge is -2.35. The van der Waals surface area contributed by atoms with Gasteiger partial charge in [0.25, 0.3) is 17.4 Å². The van der Waals surface area contributed by atoms with Crippen LogP contribution in [-0.2, 0) is 11.3 Å². The van der Waals surface area contributed by atoms with E-state index in [2.05, 4.69) is 5.32 Å². The molecule has 1 fully saturated rings. The summed E-state index contributed by atoms with van der Waals surface area (Å²) in [4.78, 5) is 64.8. The van der Waals surface area contributed by atoms with E-state index in [-0.39, 0.29) is 23.9 Å². The standard InChI is InChI=1S/C38H38N6O8/c1-23-29-14-15-32(45)44(28-12-10-25(11-13-28)35(46)39-22-24-6-8-26(9-7-24)37(48)52-5)34(29)41-38(40-23)43-18-16-42(17-19-43)36(47)27-20-30(49-2)33(51-4)31(21-27)50-3/h6-15,20-21H,16-19,22H2,1-5H3,(H,39,46). The van der Waals surface area contributed by atoms with E-state index in [1.807, 2.05) is 11.8 Å². The summed E-state index contributed by atoms with van der Waals surface area (Å²) in [6.45, 7) is 3.90. The molecule has 2 amide bonds. The molecule has 1 aliphatic rings. The first-order valence-corrected chi connectivity index (χ1v) is 16.5. The Morgan fingerprint density at radius 1 is 0.750 bits per heavy atom. The number of methoxy groups -OCH3 is 4. The van der Waals surface area contributed by atoms with Gasteiger partial charge in [-0.2, -0.15) is 4.98 Å². The molecule has 14 heteroatoms. The van der Waals surface area contributed by atoms with Crippen LogP contribution in [0.3, 0.4) is 0 Å². The second-order valence-electron chi connectivity index (χ2n) is 12.0. The summed E-state index contributed by atoms with van der Waals surface area (Å²) in [5, 5.41) is 3.58. The van der Waals surface area contributed by atoms with Crippen molar-refractivity contribution in [3.8, 4) is 22.9 Å². The second kappa shape index (κ2) is 15.2. The Labute approximate surface area is 299 Å². The summed E-state index contributed by atoms with van der Waals surface area (Å²) in [6.07, 6.45) is 0. The fourth-order valence-electron chi connectivity index (χ4n) is 6.06. The molecule has 14 nitrogen and oxygen atoms in total. The predicted octanol–water partition coefficient (Wildman–Crippen LogP) is 3.79. The van der Waals surface area contributed by atoms with Gasteiger partial charge in [-0.05, 0) is 67.1 Å². The number of carbonyl (C=O) groups excluding carboxylic acids is 3. The Hall–Kier alpha value is -6.44. The van der Waals surface area contributed by atoms with Crippen molar-refractivity contribution in [2.24, 2.45) is 0 Å². The molecule has 0 unspecified atom stereocenters. The zero-order valence-electron chi connectivity index (χ0n) is 29.5. The Balaban J connectivity index is 1.18. The van der Waals surface area contributed by atoms with Gasteiger partial charge in [-0.15, -0.1) is 0 Å². The average Bonchev–Trinajstić information content (AvgIpc) is 3.18. The number of hydrogen-bond acceptors (Lipinski definition) is 11. The van der Waals surface area contributed by atoms with Crippen molar-refractivity contribution >= 4 is 34.8 Å². The highest BCUT2D eigenvalue weighted by Gasteiger charge is 2.27. The lowest BCUT2D eigenvalue weighted by Crippen LogP contribution is -2.49. The molecule has 3 heterocycles. The number of piperazine rings is 1. The van der Waals surface area contributed by atoms with Crippen LogP contribution in [0.1, 0.15) is 42.3 Å². The number of esters is 1. The van der Waals surface area contributed by atoms with Crippen LogP contribution in [0.2, 0.25) is 0 Å². The molecular formula is C38H38N6O8. The fourth-order valence-corrected chi connectivity index (χ4v) is 6.06. The monoisotopic (exact) mass is 706 g/mol. The van der Waals surface area contributed by atoms with Crippen LogP contribution in [0, 0.1) is 6.92 Å². The highest BCUT2D eigenvalue weighted by Crippen LogP contribution is 2.38. The number of fused-ring (bicyclic) bond motifs is 1. The number of carbonyl (C=O) groups is 3. The van der Waals surface area contributed by atoms with E-state index in [1.165, 1.54) is 39.1 Å². The second-order valence-corrected chi connectivity index (χ2v) is 12.0. The molecular weight excluding hydrogens is 668 g/mol. The van der Waals surface area contributed by atoms with E-state index in [0.29, 0.717) is 88.5 Å². The maximum absolute atomic E-state index is 13.5. The number of pyridine rings is 1. The van der Waals surface area contributed by atoms with Gasteiger partial charge in [0.2, 0.25) is 11.7 Å². The number of nitrogens with one attached hydrogen (secondary N) is 1. The summed E-state index contributed by atoms with van der Waals surface area (Å²) in [7, 11) is 5.83. The third-order valence-electron chi connectivity index (χ3n) is 8.91. The molecule has 0 spiro atoms. The molecule has 0 saturated carbocycles. The van der Waals surface area contributed by atoms with Crippen LogP contribution in [0.15, 0.2) is 77.6 Å². The van der Waals surface area contributed by atoms with Gasteiger partial charge in [0.1, 0.15) is 0 Å².